The van der Waals surface area contributed by atoms with Gasteiger partial charge in [-0.05, 0) is 25.7 Å². The Labute approximate surface area is 159 Å². The van der Waals surface area contributed by atoms with Crippen molar-refractivity contribution in [3.63, 3.8) is 0 Å². The second kappa shape index (κ2) is 13.2. The van der Waals surface area contributed by atoms with Crippen molar-refractivity contribution in [3.8, 4) is 0 Å². The lowest BCUT2D eigenvalue weighted by atomic mass is 10.0. The molecule has 2 rings (SSSR count). The molecule has 5 nitrogen and oxygen atoms in total. The topological polar surface area (TPSA) is 48.9 Å². The summed E-state index contributed by atoms with van der Waals surface area (Å²) >= 11 is 0. The fraction of sp³-hybridized carbons (Fsp3) is 0.941. The van der Waals surface area contributed by atoms with Crippen LogP contribution in [0, 0.1) is 5.92 Å². The number of nitrogens with one attached hydrogen (secondary N) is 2. The average molecular weight is 438 g/mol. The van der Waals surface area contributed by atoms with Gasteiger partial charge in [0.25, 0.3) is 0 Å². The van der Waals surface area contributed by atoms with E-state index in [1.807, 2.05) is 0 Å². The van der Waals surface area contributed by atoms with E-state index in [2.05, 4.69) is 22.5 Å². The summed E-state index contributed by atoms with van der Waals surface area (Å²) in [5.74, 6) is 1.95. The third-order valence-electron chi connectivity index (χ3n) is 4.68. The first-order valence-corrected chi connectivity index (χ1v) is 9.20. The number of rotatable bonds is 8. The molecule has 1 saturated carbocycles. The Hall–Kier alpha value is -0.0800. The minimum absolute atomic E-state index is 0. The Balaban J connectivity index is 0.00000264. The van der Waals surface area contributed by atoms with E-state index in [1.54, 1.807) is 0 Å². The SMILES string of the molecule is CCNC(=NCCCC1CCCC1)NCCN1CCOCC1.I. The number of hydrogen-bond acceptors (Lipinski definition) is 3. The highest BCUT2D eigenvalue weighted by molar-refractivity contribution is 14.0. The molecule has 0 bridgehead atoms. The van der Waals surface area contributed by atoms with Gasteiger partial charge >= 0.3 is 0 Å². The van der Waals surface area contributed by atoms with Gasteiger partial charge in [-0.25, -0.2) is 0 Å². The van der Waals surface area contributed by atoms with Crippen molar-refractivity contribution in [2.75, 3.05) is 52.5 Å². The first-order chi connectivity index (χ1) is 10.9. The summed E-state index contributed by atoms with van der Waals surface area (Å²) in [6.07, 6.45) is 8.36. The number of hydrogen-bond donors (Lipinski definition) is 2. The van der Waals surface area contributed by atoms with Gasteiger partial charge in [0.15, 0.2) is 5.96 Å². The summed E-state index contributed by atoms with van der Waals surface area (Å²) in [7, 11) is 0. The molecular formula is C17H35IN4O. The molecule has 2 fully saturated rings. The van der Waals surface area contributed by atoms with Crippen LogP contribution in [0.5, 0.6) is 0 Å². The highest BCUT2D eigenvalue weighted by Crippen LogP contribution is 2.28. The fourth-order valence-electron chi connectivity index (χ4n) is 3.37. The molecule has 0 spiro atoms. The second-order valence-corrected chi connectivity index (χ2v) is 6.43. The van der Waals surface area contributed by atoms with Crippen LogP contribution in [0.2, 0.25) is 0 Å². The number of guanidine groups is 1. The first kappa shape index (κ1) is 21.0. The molecule has 2 N–H and O–H groups in total. The van der Waals surface area contributed by atoms with Gasteiger partial charge in [-0.2, -0.15) is 0 Å². The molecule has 0 aromatic carbocycles. The van der Waals surface area contributed by atoms with Gasteiger partial charge in [0.2, 0.25) is 0 Å². The summed E-state index contributed by atoms with van der Waals surface area (Å²) in [6.45, 7) is 9.86. The molecule has 6 heteroatoms. The minimum Gasteiger partial charge on any atom is -0.379 e. The molecule has 0 unspecified atom stereocenters. The maximum Gasteiger partial charge on any atom is 0.191 e. The predicted molar refractivity (Wildman–Crippen MR) is 108 cm³/mol. The van der Waals surface area contributed by atoms with E-state index < -0.39 is 0 Å². The third-order valence-corrected chi connectivity index (χ3v) is 4.68. The second-order valence-electron chi connectivity index (χ2n) is 6.43. The summed E-state index contributed by atoms with van der Waals surface area (Å²) in [4.78, 5) is 7.15. The molecule has 0 amide bonds. The van der Waals surface area contributed by atoms with Gasteiger partial charge in [0, 0.05) is 39.3 Å². The van der Waals surface area contributed by atoms with Crippen LogP contribution >= 0.6 is 24.0 Å². The van der Waals surface area contributed by atoms with Gasteiger partial charge in [0.05, 0.1) is 13.2 Å². The summed E-state index contributed by atoms with van der Waals surface area (Å²) in [5.41, 5.74) is 0. The third kappa shape index (κ3) is 9.10. The maximum absolute atomic E-state index is 5.38. The minimum atomic E-state index is 0. The van der Waals surface area contributed by atoms with Crippen LogP contribution in [0.25, 0.3) is 0 Å². The van der Waals surface area contributed by atoms with Crippen LogP contribution in [0.15, 0.2) is 4.99 Å². The summed E-state index contributed by atoms with van der Waals surface area (Å²) in [5, 5.41) is 6.80. The largest absolute Gasteiger partial charge is 0.379 e. The zero-order valence-corrected chi connectivity index (χ0v) is 17.0. The number of aliphatic imine (C=N–C) groups is 1. The Morgan fingerprint density at radius 1 is 1.17 bits per heavy atom. The molecule has 136 valence electrons. The van der Waals surface area contributed by atoms with Crippen LogP contribution in [0.4, 0.5) is 0 Å². The van der Waals surface area contributed by atoms with Crippen LogP contribution in [-0.4, -0.2) is 63.3 Å². The highest BCUT2D eigenvalue weighted by Gasteiger charge is 2.14. The van der Waals surface area contributed by atoms with Crippen LogP contribution in [-0.2, 0) is 4.74 Å². The maximum atomic E-state index is 5.38. The van der Waals surface area contributed by atoms with Crippen LogP contribution in [0.3, 0.4) is 0 Å². The normalized spacial score (nSPS) is 20.3. The Morgan fingerprint density at radius 3 is 2.61 bits per heavy atom. The van der Waals surface area contributed by atoms with Crippen LogP contribution < -0.4 is 10.6 Å². The van der Waals surface area contributed by atoms with E-state index >= 15 is 0 Å². The molecule has 0 aromatic heterocycles. The van der Waals surface area contributed by atoms with E-state index in [4.69, 9.17) is 9.73 Å². The molecular weight excluding hydrogens is 403 g/mol. The quantitative estimate of drug-likeness (QED) is 0.265. The van der Waals surface area contributed by atoms with Gasteiger partial charge in [-0.1, -0.05) is 25.7 Å². The summed E-state index contributed by atoms with van der Waals surface area (Å²) < 4.78 is 5.38. The number of ether oxygens (including phenoxy) is 1. The average Bonchev–Trinajstić information content (AvgIpc) is 3.06. The van der Waals surface area contributed by atoms with Crippen molar-refractivity contribution in [2.24, 2.45) is 10.9 Å². The molecule has 1 saturated heterocycles. The van der Waals surface area contributed by atoms with E-state index in [0.29, 0.717) is 0 Å². The van der Waals surface area contributed by atoms with Crippen molar-refractivity contribution in [1.29, 1.82) is 0 Å². The van der Waals surface area contributed by atoms with Crippen molar-refractivity contribution in [2.45, 2.75) is 45.4 Å². The monoisotopic (exact) mass is 438 g/mol. The lowest BCUT2D eigenvalue weighted by molar-refractivity contribution is 0.0389. The molecule has 0 aromatic rings. The van der Waals surface area contributed by atoms with Gasteiger partial charge in [-0.15, -0.1) is 24.0 Å². The van der Waals surface area contributed by atoms with Gasteiger partial charge in [-0.3, -0.25) is 9.89 Å². The lowest BCUT2D eigenvalue weighted by Crippen LogP contribution is -2.44. The predicted octanol–water partition coefficient (Wildman–Crippen LogP) is 2.46. The number of halogens is 1. The number of nitrogens with zero attached hydrogens (tertiary/aromatic N) is 2. The lowest BCUT2D eigenvalue weighted by Gasteiger charge is -2.26. The zero-order chi connectivity index (χ0) is 15.5. The molecule has 0 atom stereocenters. The van der Waals surface area contributed by atoms with E-state index in [1.165, 1.54) is 38.5 Å². The van der Waals surface area contributed by atoms with Crippen molar-refractivity contribution < 1.29 is 4.74 Å². The van der Waals surface area contributed by atoms with Crippen LogP contribution in [0.1, 0.15) is 45.4 Å². The fourth-order valence-corrected chi connectivity index (χ4v) is 3.37. The summed E-state index contributed by atoms with van der Waals surface area (Å²) in [6, 6.07) is 0. The highest BCUT2D eigenvalue weighted by atomic mass is 127. The standard InChI is InChI=1S/C17H34N4O.HI/c1-2-18-17(19-9-5-8-16-6-3-4-7-16)20-10-11-21-12-14-22-15-13-21;/h16H,2-15H2,1H3,(H2,18,19,20);1H. The smallest absolute Gasteiger partial charge is 0.191 e. The molecule has 2 aliphatic rings. The van der Waals surface area contributed by atoms with Crippen molar-refractivity contribution >= 4 is 29.9 Å². The molecule has 1 aliphatic carbocycles. The molecule has 23 heavy (non-hydrogen) atoms. The van der Waals surface area contributed by atoms with E-state index in [-0.39, 0.29) is 24.0 Å². The molecule has 0 radical (unpaired) electrons. The van der Waals surface area contributed by atoms with Gasteiger partial charge in [0.1, 0.15) is 0 Å². The Bertz CT molecular complexity index is 316. The molecule has 1 heterocycles. The van der Waals surface area contributed by atoms with Crippen molar-refractivity contribution in [3.05, 3.63) is 0 Å². The number of morpholine rings is 1. The zero-order valence-electron chi connectivity index (χ0n) is 14.7. The van der Waals surface area contributed by atoms with Gasteiger partial charge < -0.3 is 15.4 Å². The Kier molecular flexibility index (Phi) is 12.1. The first-order valence-electron chi connectivity index (χ1n) is 9.20. The van der Waals surface area contributed by atoms with E-state index in [0.717, 1.165) is 64.4 Å². The Morgan fingerprint density at radius 2 is 1.91 bits per heavy atom. The van der Waals surface area contributed by atoms with E-state index in [9.17, 15) is 0 Å². The molecule has 1 aliphatic heterocycles. The van der Waals surface area contributed by atoms with Crippen molar-refractivity contribution in [1.82, 2.24) is 15.5 Å².